The highest BCUT2D eigenvalue weighted by molar-refractivity contribution is 5.89. The summed E-state index contributed by atoms with van der Waals surface area (Å²) in [7, 11) is 0. The maximum absolute atomic E-state index is 11.8. The molecule has 0 aliphatic rings. The third-order valence-electron chi connectivity index (χ3n) is 1.95. The number of allylic oxidation sites excluding steroid dienone is 1. The van der Waals surface area contributed by atoms with Gasteiger partial charge in [0.1, 0.15) is 12.2 Å². The zero-order valence-electron chi connectivity index (χ0n) is 12.0. The van der Waals surface area contributed by atoms with Crippen LogP contribution in [0.3, 0.4) is 0 Å². The van der Waals surface area contributed by atoms with Gasteiger partial charge in [0.2, 0.25) is 0 Å². The summed E-state index contributed by atoms with van der Waals surface area (Å²) in [5.41, 5.74) is -0.144. The third-order valence-corrected chi connectivity index (χ3v) is 1.95. The van der Waals surface area contributed by atoms with E-state index >= 15 is 0 Å². The van der Waals surface area contributed by atoms with Crippen molar-refractivity contribution in [3.05, 3.63) is 11.6 Å². The Balaban J connectivity index is 4.45. The highest BCUT2D eigenvalue weighted by Crippen LogP contribution is 2.12. The van der Waals surface area contributed by atoms with Crippen molar-refractivity contribution >= 4 is 11.9 Å². The molecule has 0 rings (SSSR count). The maximum atomic E-state index is 11.8. The van der Waals surface area contributed by atoms with Gasteiger partial charge >= 0.3 is 11.9 Å². The van der Waals surface area contributed by atoms with Crippen molar-refractivity contribution in [3.8, 4) is 0 Å². The van der Waals surface area contributed by atoms with E-state index in [9.17, 15) is 9.59 Å². The fourth-order valence-corrected chi connectivity index (χ4v) is 1.23. The van der Waals surface area contributed by atoms with E-state index in [1.165, 1.54) is 0 Å². The van der Waals surface area contributed by atoms with Crippen LogP contribution in [0.25, 0.3) is 0 Å². The molecule has 0 saturated carbocycles. The zero-order chi connectivity index (χ0) is 14.2. The molecule has 0 fully saturated rings. The Hall–Kier alpha value is -1.32. The number of rotatable bonds is 6. The Morgan fingerprint density at radius 2 is 1.78 bits per heavy atom. The lowest BCUT2D eigenvalue weighted by atomic mass is 10.1. The lowest BCUT2D eigenvalue weighted by Crippen LogP contribution is -2.26. The number of carbonyl (C=O) groups is 2. The van der Waals surface area contributed by atoms with Crippen LogP contribution >= 0.6 is 0 Å². The summed E-state index contributed by atoms with van der Waals surface area (Å²) < 4.78 is 10.3. The zero-order valence-corrected chi connectivity index (χ0v) is 12.0. The molecule has 0 aromatic heterocycles. The van der Waals surface area contributed by atoms with Crippen LogP contribution in [0.2, 0.25) is 0 Å². The topological polar surface area (TPSA) is 52.6 Å². The summed E-state index contributed by atoms with van der Waals surface area (Å²) in [4.78, 5) is 23.1. The molecular weight excluding hydrogens is 232 g/mol. The fourth-order valence-electron chi connectivity index (χ4n) is 1.23. The molecule has 0 N–H and O–H groups in total. The number of ether oxygens (including phenoxy) is 2. The molecule has 0 unspecified atom stereocenters. The monoisotopic (exact) mass is 256 g/mol. The van der Waals surface area contributed by atoms with E-state index in [1.54, 1.807) is 26.8 Å². The maximum Gasteiger partial charge on any atom is 0.337 e. The highest BCUT2D eigenvalue weighted by Gasteiger charge is 2.20. The molecule has 0 radical (unpaired) electrons. The minimum atomic E-state index is -0.544. The first-order valence-corrected chi connectivity index (χ1v) is 6.38. The van der Waals surface area contributed by atoms with Gasteiger partial charge in [-0.25, -0.2) is 4.79 Å². The molecule has 0 atom stereocenters. The number of hydrogen-bond acceptors (Lipinski definition) is 4. The van der Waals surface area contributed by atoms with Crippen molar-refractivity contribution in [2.45, 2.75) is 59.5 Å². The van der Waals surface area contributed by atoms with Crippen LogP contribution in [0, 0.1) is 0 Å². The van der Waals surface area contributed by atoms with Crippen LogP contribution in [-0.4, -0.2) is 24.1 Å². The van der Waals surface area contributed by atoms with E-state index < -0.39 is 11.6 Å². The molecule has 0 aliphatic carbocycles. The second-order valence-electron chi connectivity index (χ2n) is 5.05. The molecule has 0 aromatic carbocycles. The smallest absolute Gasteiger partial charge is 0.337 e. The van der Waals surface area contributed by atoms with Crippen LogP contribution in [0.5, 0.6) is 0 Å². The molecule has 0 bridgehead atoms. The summed E-state index contributed by atoms with van der Waals surface area (Å²) in [6, 6.07) is 0. The number of carbonyl (C=O) groups excluding carboxylic acids is 2. The highest BCUT2D eigenvalue weighted by atomic mass is 16.6. The summed E-state index contributed by atoms with van der Waals surface area (Å²) in [5, 5.41) is 0. The Bertz CT molecular complexity index is 310. The van der Waals surface area contributed by atoms with E-state index in [1.807, 2.05) is 13.8 Å². The molecule has 18 heavy (non-hydrogen) atoms. The van der Waals surface area contributed by atoms with E-state index in [0.717, 1.165) is 6.42 Å². The standard InChI is InChI=1S/C14H24O4/c1-6-8-11(10-17-12(15)9-7-2)13(16)18-14(3,4)5/h8H,6-7,9-10H2,1-5H3. The Morgan fingerprint density at radius 3 is 2.22 bits per heavy atom. The summed E-state index contributed by atoms with van der Waals surface area (Å²) in [5.74, 6) is -0.711. The molecule has 0 aliphatic heterocycles. The van der Waals surface area contributed by atoms with Gasteiger partial charge in [-0.1, -0.05) is 19.9 Å². The van der Waals surface area contributed by atoms with Crippen LogP contribution < -0.4 is 0 Å². The van der Waals surface area contributed by atoms with Crippen LogP contribution in [0.4, 0.5) is 0 Å². The van der Waals surface area contributed by atoms with E-state index in [4.69, 9.17) is 9.47 Å². The van der Waals surface area contributed by atoms with Crippen LogP contribution in [0.15, 0.2) is 11.6 Å². The summed E-state index contributed by atoms with van der Waals surface area (Å²) in [6.07, 6.45) is 3.53. The van der Waals surface area contributed by atoms with Gasteiger partial charge in [-0.2, -0.15) is 0 Å². The molecule has 0 spiro atoms. The molecule has 0 saturated heterocycles. The largest absolute Gasteiger partial charge is 0.461 e. The van der Waals surface area contributed by atoms with Crippen molar-refractivity contribution in [2.24, 2.45) is 0 Å². The van der Waals surface area contributed by atoms with Crippen molar-refractivity contribution < 1.29 is 19.1 Å². The minimum absolute atomic E-state index is 0.0123. The van der Waals surface area contributed by atoms with Crippen molar-refractivity contribution in [3.63, 3.8) is 0 Å². The average Bonchev–Trinajstić information content (AvgIpc) is 2.22. The Morgan fingerprint density at radius 1 is 1.17 bits per heavy atom. The van der Waals surface area contributed by atoms with Crippen LogP contribution in [-0.2, 0) is 19.1 Å². The normalized spacial score (nSPS) is 12.2. The van der Waals surface area contributed by atoms with Gasteiger partial charge in [0.15, 0.2) is 0 Å². The minimum Gasteiger partial charge on any atom is -0.461 e. The summed E-state index contributed by atoms with van der Waals surface area (Å²) >= 11 is 0. The van der Waals surface area contributed by atoms with Crippen molar-refractivity contribution in [1.82, 2.24) is 0 Å². The molecule has 104 valence electrons. The molecule has 4 nitrogen and oxygen atoms in total. The Kier molecular flexibility index (Phi) is 7.32. The van der Waals surface area contributed by atoms with Gasteiger partial charge in [-0.05, 0) is 33.6 Å². The van der Waals surface area contributed by atoms with Gasteiger partial charge in [0.05, 0.1) is 5.57 Å². The molecular formula is C14H24O4. The summed E-state index contributed by atoms with van der Waals surface area (Å²) in [6.45, 7) is 9.21. The van der Waals surface area contributed by atoms with Gasteiger partial charge in [-0.3, -0.25) is 4.79 Å². The Labute approximate surface area is 109 Å². The van der Waals surface area contributed by atoms with Gasteiger partial charge in [-0.15, -0.1) is 0 Å². The SMILES string of the molecule is CCC=C(COC(=O)CCC)C(=O)OC(C)(C)C. The number of hydrogen-bond donors (Lipinski definition) is 0. The van der Waals surface area contributed by atoms with Gasteiger partial charge in [0, 0.05) is 6.42 Å². The lowest BCUT2D eigenvalue weighted by Gasteiger charge is -2.20. The van der Waals surface area contributed by atoms with Crippen molar-refractivity contribution in [1.29, 1.82) is 0 Å². The molecule has 0 heterocycles. The predicted octanol–water partition coefficient (Wildman–Crippen LogP) is 3.01. The first kappa shape index (κ1) is 16.7. The average molecular weight is 256 g/mol. The first-order chi connectivity index (χ1) is 8.30. The lowest BCUT2D eigenvalue weighted by molar-refractivity contribution is -0.151. The van der Waals surface area contributed by atoms with Gasteiger partial charge < -0.3 is 9.47 Å². The van der Waals surface area contributed by atoms with E-state index in [0.29, 0.717) is 18.4 Å². The molecule has 4 heteroatoms. The number of esters is 2. The van der Waals surface area contributed by atoms with Crippen LogP contribution in [0.1, 0.15) is 53.9 Å². The van der Waals surface area contributed by atoms with Crippen molar-refractivity contribution in [2.75, 3.05) is 6.61 Å². The second kappa shape index (κ2) is 7.90. The predicted molar refractivity (Wildman–Crippen MR) is 70.1 cm³/mol. The third kappa shape index (κ3) is 7.87. The van der Waals surface area contributed by atoms with E-state index in [-0.39, 0.29) is 12.6 Å². The molecule has 0 amide bonds. The quantitative estimate of drug-likeness (QED) is 0.541. The first-order valence-electron chi connectivity index (χ1n) is 6.38. The molecule has 0 aromatic rings. The van der Waals surface area contributed by atoms with Gasteiger partial charge in [0.25, 0.3) is 0 Å². The fraction of sp³-hybridized carbons (Fsp3) is 0.714. The van der Waals surface area contributed by atoms with E-state index in [2.05, 4.69) is 0 Å². The second-order valence-corrected chi connectivity index (χ2v) is 5.05.